The molecule has 0 saturated carbocycles. The van der Waals surface area contributed by atoms with Gasteiger partial charge in [-0.1, -0.05) is 380 Å². The minimum absolute atomic E-state index is 0.0658. The Morgan fingerprint density at radius 1 is 0.235 bits per heavy atom. The first-order chi connectivity index (χ1) is 40.0. The summed E-state index contributed by atoms with van der Waals surface area (Å²) in [6, 6.07) is 0. The summed E-state index contributed by atoms with van der Waals surface area (Å²) in [5, 5.41) is 0. The predicted octanol–water partition coefficient (Wildman–Crippen LogP) is 25.6. The quantitative estimate of drug-likeness (QED) is 0.0261. The third-order valence-corrected chi connectivity index (χ3v) is 17.3. The average Bonchev–Trinajstić information content (AvgIpc) is 3.47. The maximum Gasteiger partial charge on any atom is 0.306 e. The van der Waals surface area contributed by atoms with Crippen molar-refractivity contribution in [2.45, 2.75) is 438 Å². The molecule has 0 bridgehead atoms. The summed E-state index contributed by atoms with van der Waals surface area (Å²) in [5.74, 6) is -0.841. The van der Waals surface area contributed by atoms with Crippen LogP contribution in [0.3, 0.4) is 0 Å². The normalized spacial score (nSPS) is 12.0. The highest BCUT2D eigenvalue weighted by Crippen LogP contribution is 2.20. The van der Waals surface area contributed by atoms with E-state index in [-0.39, 0.29) is 31.1 Å². The van der Waals surface area contributed by atoms with Crippen LogP contribution in [0.1, 0.15) is 432 Å². The lowest BCUT2D eigenvalue weighted by Gasteiger charge is -2.18. The molecule has 1 unspecified atom stereocenters. The zero-order chi connectivity index (χ0) is 58.5. The molecule has 0 N–H and O–H groups in total. The first kappa shape index (κ1) is 79.2. The summed E-state index contributed by atoms with van der Waals surface area (Å²) in [5.41, 5.74) is 0. The van der Waals surface area contributed by atoms with Crippen molar-refractivity contribution in [2.24, 2.45) is 0 Å². The molecular formula is C75H144O6. The maximum atomic E-state index is 12.9. The van der Waals surface area contributed by atoms with E-state index in [4.69, 9.17) is 14.2 Å². The zero-order valence-electron chi connectivity index (χ0n) is 55.4. The number of unbranched alkanes of at least 4 members (excludes halogenated alkanes) is 57. The second-order valence-corrected chi connectivity index (χ2v) is 25.6. The Bertz CT molecular complexity index is 1260. The van der Waals surface area contributed by atoms with Gasteiger partial charge in [0.25, 0.3) is 0 Å². The predicted molar refractivity (Wildman–Crippen MR) is 353 cm³/mol. The molecule has 6 nitrogen and oxygen atoms in total. The van der Waals surface area contributed by atoms with Gasteiger partial charge in [-0.2, -0.15) is 0 Å². The molecule has 6 heteroatoms. The van der Waals surface area contributed by atoms with Crippen LogP contribution in [-0.4, -0.2) is 37.2 Å². The van der Waals surface area contributed by atoms with Gasteiger partial charge in [0.15, 0.2) is 6.10 Å². The molecule has 0 amide bonds. The lowest BCUT2D eigenvalue weighted by molar-refractivity contribution is -0.167. The van der Waals surface area contributed by atoms with Gasteiger partial charge < -0.3 is 14.2 Å². The molecule has 480 valence electrons. The highest BCUT2D eigenvalue weighted by molar-refractivity contribution is 5.71. The largest absolute Gasteiger partial charge is 0.462 e. The first-order valence-corrected chi connectivity index (χ1v) is 37.2. The van der Waals surface area contributed by atoms with Crippen LogP contribution in [0.5, 0.6) is 0 Å². The average molecular weight is 1140 g/mol. The Morgan fingerprint density at radius 3 is 0.617 bits per heavy atom. The minimum atomic E-state index is -0.769. The Hall–Kier alpha value is -1.85. The van der Waals surface area contributed by atoms with Crippen LogP contribution < -0.4 is 0 Å². The maximum absolute atomic E-state index is 12.9. The van der Waals surface area contributed by atoms with Gasteiger partial charge in [0.05, 0.1) is 0 Å². The fourth-order valence-corrected chi connectivity index (χ4v) is 11.7. The Labute approximate surface area is 507 Å². The molecule has 0 aromatic carbocycles. The Balaban J connectivity index is 4.04. The third-order valence-electron chi connectivity index (χ3n) is 17.3. The molecule has 81 heavy (non-hydrogen) atoms. The van der Waals surface area contributed by atoms with E-state index in [9.17, 15) is 14.4 Å². The van der Waals surface area contributed by atoms with Crippen molar-refractivity contribution in [3.8, 4) is 0 Å². The van der Waals surface area contributed by atoms with Crippen molar-refractivity contribution in [3.05, 3.63) is 12.2 Å². The number of carbonyl (C=O) groups excluding carboxylic acids is 3. The van der Waals surface area contributed by atoms with Crippen molar-refractivity contribution in [2.75, 3.05) is 13.2 Å². The van der Waals surface area contributed by atoms with Crippen molar-refractivity contribution < 1.29 is 28.6 Å². The van der Waals surface area contributed by atoms with Crippen molar-refractivity contribution in [1.82, 2.24) is 0 Å². The van der Waals surface area contributed by atoms with Gasteiger partial charge in [0.1, 0.15) is 13.2 Å². The van der Waals surface area contributed by atoms with Crippen LogP contribution in [-0.2, 0) is 28.6 Å². The molecule has 1 atom stereocenters. The number of esters is 3. The van der Waals surface area contributed by atoms with Crippen LogP contribution in [0.25, 0.3) is 0 Å². The molecule has 0 aromatic rings. The Kier molecular flexibility index (Phi) is 69.0. The number of hydrogen-bond donors (Lipinski definition) is 0. The van der Waals surface area contributed by atoms with Gasteiger partial charge in [0, 0.05) is 19.3 Å². The van der Waals surface area contributed by atoms with Crippen molar-refractivity contribution in [1.29, 1.82) is 0 Å². The van der Waals surface area contributed by atoms with Crippen LogP contribution in [0.15, 0.2) is 12.2 Å². The minimum Gasteiger partial charge on any atom is -0.462 e. The smallest absolute Gasteiger partial charge is 0.306 e. The molecule has 0 rings (SSSR count). The first-order valence-electron chi connectivity index (χ1n) is 37.2. The topological polar surface area (TPSA) is 78.9 Å². The summed E-state index contributed by atoms with van der Waals surface area (Å²) in [7, 11) is 0. The number of ether oxygens (including phenoxy) is 3. The van der Waals surface area contributed by atoms with Gasteiger partial charge in [0.2, 0.25) is 0 Å². The lowest BCUT2D eigenvalue weighted by atomic mass is 10.0. The summed E-state index contributed by atoms with van der Waals surface area (Å²) >= 11 is 0. The van der Waals surface area contributed by atoms with Gasteiger partial charge >= 0.3 is 17.9 Å². The zero-order valence-corrected chi connectivity index (χ0v) is 55.4. The van der Waals surface area contributed by atoms with Crippen molar-refractivity contribution in [3.63, 3.8) is 0 Å². The van der Waals surface area contributed by atoms with Gasteiger partial charge in [-0.3, -0.25) is 14.4 Å². The lowest BCUT2D eigenvalue weighted by Crippen LogP contribution is -2.30. The fraction of sp³-hybridized carbons (Fsp3) is 0.933. The van der Waals surface area contributed by atoms with Gasteiger partial charge in [-0.25, -0.2) is 0 Å². The van der Waals surface area contributed by atoms with Crippen LogP contribution in [0, 0.1) is 0 Å². The summed E-state index contributed by atoms with van der Waals surface area (Å²) in [6.07, 6.45) is 85.6. The van der Waals surface area contributed by atoms with E-state index in [1.807, 2.05) is 0 Å². The monoisotopic (exact) mass is 1140 g/mol. The van der Waals surface area contributed by atoms with E-state index in [1.165, 1.54) is 327 Å². The summed E-state index contributed by atoms with van der Waals surface area (Å²) < 4.78 is 17.0. The van der Waals surface area contributed by atoms with Gasteiger partial charge in [-0.05, 0) is 44.9 Å². The molecule has 0 aliphatic rings. The van der Waals surface area contributed by atoms with E-state index < -0.39 is 6.10 Å². The highest BCUT2D eigenvalue weighted by Gasteiger charge is 2.20. The summed E-state index contributed by atoms with van der Waals surface area (Å²) in [6.45, 7) is 6.71. The second kappa shape index (κ2) is 70.6. The molecule has 0 aliphatic heterocycles. The highest BCUT2D eigenvalue weighted by atomic mass is 16.6. The number of carbonyl (C=O) groups is 3. The number of rotatable bonds is 70. The molecule has 0 heterocycles. The van der Waals surface area contributed by atoms with E-state index in [0.29, 0.717) is 19.3 Å². The van der Waals surface area contributed by atoms with Crippen LogP contribution in [0.4, 0.5) is 0 Å². The molecule has 0 aromatic heterocycles. The van der Waals surface area contributed by atoms with Gasteiger partial charge in [-0.15, -0.1) is 0 Å². The van der Waals surface area contributed by atoms with E-state index in [0.717, 1.165) is 64.2 Å². The van der Waals surface area contributed by atoms with Crippen LogP contribution in [0.2, 0.25) is 0 Å². The van der Waals surface area contributed by atoms with Crippen LogP contribution >= 0.6 is 0 Å². The number of allylic oxidation sites excluding steroid dienone is 2. The number of hydrogen-bond acceptors (Lipinski definition) is 6. The van der Waals surface area contributed by atoms with E-state index in [1.54, 1.807) is 0 Å². The second-order valence-electron chi connectivity index (χ2n) is 25.6. The standard InChI is InChI=1S/C75H144O6/c1-4-7-10-13-16-19-22-25-28-29-30-31-32-33-34-35-36-37-38-39-40-41-42-43-44-45-46-48-50-53-56-59-62-65-68-74(77)80-71-72(70-79-73(76)67-64-61-58-55-52-49-27-24-21-18-15-12-9-6-3)81-75(78)69-66-63-60-57-54-51-47-26-23-20-17-14-11-8-5-2/h24,27,72H,4-23,25-26,28-71H2,1-3H3/b27-24-. The molecule has 0 fully saturated rings. The molecule has 0 spiro atoms. The van der Waals surface area contributed by atoms with E-state index in [2.05, 4.69) is 32.9 Å². The van der Waals surface area contributed by atoms with E-state index >= 15 is 0 Å². The molecular weight excluding hydrogens is 997 g/mol. The third kappa shape index (κ3) is 68.8. The SMILES string of the molecule is CCCCCCC/C=C\CCCCCCCC(=O)OCC(COC(=O)CCCCCCCCCCCCCCCCCCCCCCCCCCCCCCCCCCCC)OC(=O)CCCCCCCCCCCCCCCCC. The molecule has 0 saturated heterocycles. The fourth-order valence-electron chi connectivity index (χ4n) is 11.7. The van der Waals surface area contributed by atoms with Crippen molar-refractivity contribution >= 4 is 17.9 Å². The molecule has 0 aliphatic carbocycles. The summed E-state index contributed by atoms with van der Waals surface area (Å²) in [4.78, 5) is 38.4. The Morgan fingerprint density at radius 2 is 0.407 bits per heavy atom. The molecule has 0 radical (unpaired) electrons.